The number of nitrogens with one attached hydrogen (secondary N) is 3. The fourth-order valence-corrected chi connectivity index (χ4v) is 4.82. The summed E-state index contributed by atoms with van der Waals surface area (Å²) in [6.07, 6.45) is -0.695. The Hall–Kier alpha value is -4.21. The molecular weight excluding hydrogens is 488 g/mol. The minimum atomic E-state index is -0.983. The van der Waals surface area contributed by atoms with Crippen LogP contribution in [0.5, 0.6) is 5.75 Å². The molecule has 8 nitrogen and oxygen atoms in total. The minimum Gasteiger partial charge on any atom is -0.489 e. The van der Waals surface area contributed by atoms with E-state index in [1.807, 2.05) is 60.7 Å². The van der Waals surface area contributed by atoms with E-state index >= 15 is 0 Å². The van der Waals surface area contributed by atoms with Gasteiger partial charge in [-0.15, -0.1) is 11.3 Å². The maximum atomic E-state index is 13.3. The summed E-state index contributed by atoms with van der Waals surface area (Å²) < 4.78 is 11.2. The summed E-state index contributed by atoms with van der Waals surface area (Å²) in [5.41, 5.74) is 3.43. The molecule has 1 aliphatic rings. The number of fused-ring (bicyclic) bond motifs is 1. The zero-order valence-electron chi connectivity index (χ0n) is 20.0. The Balaban J connectivity index is 1.27. The number of amides is 2. The molecule has 1 atom stereocenters. The molecule has 0 spiro atoms. The highest BCUT2D eigenvalue weighted by molar-refractivity contribution is 7.15. The molecule has 188 valence electrons. The van der Waals surface area contributed by atoms with Crippen LogP contribution in [0.2, 0.25) is 0 Å². The number of aromatic nitrogens is 1. The number of hydrogen-bond acceptors (Lipinski definition) is 7. The Morgan fingerprint density at radius 2 is 1.57 bits per heavy atom. The second-order valence-electron chi connectivity index (χ2n) is 8.46. The lowest BCUT2D eigenvalue weighted by atomic mass is 10.1. The SMILES string of the molecule is O=C(N[C@@H](C(=O)Nc1nc2c(s1)CNC2)c1ccc(OCc2ccccc2)cc1)OCc1ccccc1. The highest BCUT2D eigenvalue weighted by Crippen LogP contribution is 2.28. The van der Waals surface area contributed by atoms with Crippen molar-refractivity contribution in [1.29, 1.82) is 0 Å². The molecule has 0 aliphatic carbocycles. The third-order valence-electron chi connectivity index (χ3n) is 5.79. The number of ether oxygens (including phenoxy) is 2. The molecular formula is C28H26N4O4S. The van der Waals surface area contributed by atoms with Gasteiger partial charge in [-0.05, 0) is 28.8 Å². The third-order valence-corrected chi connectivity index (χ3v) is 6.80. The van der Waals surface area contributed by atoms with Crippen molar-refractivity contribution in [1.82, 2.24) is 15.6 Å². The molecule has 9 heteroatoms. The van der Waals surface area contributed by atoms with E-state index in [0.717, 1.165) is 28.2 Å². The molecule has 0 radical (unpaired) electrons. The molecule has 5 rings (SSSR count). The number of nitrogens with zero attached hydrogens (tertiary/aromatic N) is 1. The molecule has 0 saturated heterocycles. The normalized spacial score (nSPS) is 12.9. The summed E-state index contributed by atoms with van der Waals surface area (Å²) in [6, 6.07) is 25.3. The maximum absolute atomic E-state index is 13.3. The summed E-state index contributed by atoms with van der Waals surface area (Å²) >= 11 is 1.43. The first kappa shape index (κ1) is 24.5. The Morgan fingerprint density at radius 3 is 2.24 bits per heavy atom. The van der Waals surface area contributed by atoms with Gasteiger partial charge in [-0.1, -0.05) is 72.8 Å². The standard InChI is InChI=1S/C28H26N4O4S/c33-26(32-27-30-23-15-29-16-24(23)37-27)25(31-28(34)36-18-20-9-5-2-6-10-20)21-11-13-22(14-12-21)35-17-19-7-3-1-4-8-19/h1-14,25,29H,15-18H2,(H,31,34)(H,30,32,33)/t25-/m1/s1. The number of thiazole rings is 1. The van der Waals surface area contributed by atoms with Crippen LogP contribution >= 0.6 is 11.3 Å². The molecule has 3 aromatic carbocycles. The number of anilines is 1. The predicted octanol–water partition coefficient (Wildman–Crippen LogP) is 4.93. The topological polar surface area (TPSA) is 102 Å². The lowest BCUT2D eigenvalue weighted by molar-refractivity contribution is -0.118. The second kappa shape index (κ2) is 11.7. The van der Waals surface area contributed by atoms with Crippen LogP contribution in [0, 0.1) is 0 Å². The van der Waals surface area contributed by atoms with Gasteiger partial charge in [0, 0.05) is 18.0 Å². The van der Waals surface area contributed by atoms with Crippen LogP contribution in [0.25, 0.3) is 0 Å². The number of alkyl carbamates (subject to hydrolysis) is 1. The molecule has 0 saturated carbocycles. The summed E-state index contributed by atoms with van der Waals surface area (Å²) in [4.78, 5) is 31.5. The predicted molar refractivity (Wildman–Crippen MR) is 141 cm³/mol. The van der Waals surface area contributed by atoms with Gasteiger partial charge in [-0.25, -0.2) is 9.78 Å². The number of rotatable bonds is 9. The molecule has 2 amide bonds. The van der Waals surface area contributed by atoms with Crippen LogP contribution in [0.4, 0.5) is 9.93 Å². The number of carbonyl (C=O) groups is 2. The fraction of sp³-hybridized carbons (Fsp3) is 0.179. The van der Waals surface area contributed by atoms with E-state index in [-0.39, 0.29) is 6.61 Å². The monoisotopic (exact) mass is 514 g/mol. The van der Waals surface area contributed by atoms with E-state index in [1.165, 1.54) is 11.3 Å². The Kier molecular flexibility index (Phi) is 7.73. The first-order valence-corrected chi connectivity index (χ1v) is 12.7. The van der Waals surface area contributed by atoms with Crippen molar-refractivity contribution in [3.05, 3.63) is 112 Å². The molecule has 4 aromatic rings. The van der Waals surface area contributed by atoms with Gasteiger partial charge in [0.1, 0.15) is 25.0 Å². The first-order valence-electron chi connectivity index (χ1n) is 11.9. The zero-order chi connectivity index (χ0) is 25.5. The van der Waals surface area contributed by atoms with Crippen LogP contribution < -0.4 is 20.7 Å². The number of carbonyl (C=O) groups excluding carboxylic acids is 2. The van der Waals surface area contributed by atoms with E-state index in [1.54, 1.807) is 24.3 Å². The van der Waals surface area contributed by atoms with E-state index in [9.17, 15) is 9.59 Å². The van der Waals surface area contributed by atoms with E-state index < -0.39 is 18.0 Å². The van der Waals surface area contributed by atoms with Gasteiger partial charge in [0.2, 0.25) is 0 Å². The van der Waals surface area contributed by atoms with Gasteiger partial charge in [0.15, 0.2) is 5.13 Å². The number of benzene rings is 3. The smallest absolute Gasteiger partial charge is 0.408 e. The Labute approximate surface area is 218 Å². The average molecular weight is 515 g/mol. The van der Waals surface area contributed by atoms with Crippen LogP contribution in [0.1, 0.15) is 33.3 Å². The molecule has 3 N–H and O–H groups in total. The molecule has 0 fully saturated rings. The van der Waals surface area contributed by atoms with Crippen molar-refractivity contribution in [3.8, 4) is 5.75 Å². The highest BCUT2D eigenvalue weighted by atomic mass is 32.1. The molecule has 1 aromatic heterocycles. The van der Waals surface area contributed by atoms with Gasteiger partial charge >= 0.3 is 6.09 Å². The van der Waals surface area contributed by atoms with Crippen molar-refractivity contribution < 1.29 is 19.1 Å². The summed E-state index contributed by atoms with van der Waals surface area (Å²) in [6.45, 7) is 1.94. The average Bonchev–Trinajstić information content (AvgIpc) is 3.53. The van der Waals surface area contributed by atoms with Crippen LogP contribution in [0.3, 0.4) is 0 Å². The van der Waals surface area contributed by atoms with Crippen LogP contribution in [0.15, 0.2) is 84.9 Å². The van der Waals surface area contributed by atoms with Crippen molar-refractivity contribution in [2.24, 2.45) is 0 Å². The molecule has 0 unspecified atom stereocenters. The lowest BCUT2D eigenvalue weighted by Gasteiger charge is -2.18. The first-order chi connectivity index (χ1) is 18.1. The molecule has 0 bridgehead atoms. The second-order valence-corrected chi connectivity index (χ2v) is 9.55. The Bertz CT molecular complexity index is 1320. The quantitative estimate of drug-likeness (QED) is 0.293. The summed E-state index contributed by atoms with van der Waals surface area (Å²) in [7, 11) is 0. The van der Waals surface area contributed by atoms with Crippen LogP contribution in [-0.2, 0) is 35.8 Å². The molecule has 2 heterocycles. The van der Waals surface area contributed by atoms with Crippen LogP contribution in [-0.4, -0.2) is 17.0 Å². The van der Waals surface area contributed by atoms with E-state index in [0.29, 0.717) is 29.6 Å². The fourth-order valence-electron chi connectivity index (χ4n) is 3.87. The van der Waals surface area contributed by atoms with Gasteiger partial charge in [-0.2, -0.15) is 0 Å². The van der Waals surface area contributed by atoms with Crippen molar-refractivity contribution >= 4 is 28.5 Å². The van der Waals surface area contributed by atoms with Crippen molar-refractivity contribution in [2.75, 3.05) is 5.32 Å². The zero-order valence-corrected chi connectivity index (χ0v) is 20.8. The third kappa shape index (κ3) is 6.52. The minimum absolute atomic E-state index is 0.0967. The molecule has 1 aliphatic heterocycles. The summed E-state index contributed by atoms with van der Waals surface area (Å²) in [5.74, 6) is 0.247. The highest BCUT2D eigenvalue weighted by Gasteiger charge is 2.26. The van der Waals surface area contributed by atoms with Crippen molar-refractivity contribution in [3.63, 3.8) is 0 Å². The van der Waals surface area contributed by atoms with Gasteiger partial charge in [0.25, 0.3) is 5.91 Å². The number of hydrogen-bond donors (Lipinski definition) is 3. The van der Waals surface area contributed by atoms with Gasteiger partial charge in [-0.3, -0.25) is 10.1 Å². The van der Waals surface area contributed by atoms with Gasteiger partial charge < -0.3 is 20.1 Å². The maximum Gasteiger partial charge on any atom is 0.408 e. The van der Waals surface area contributed by atoms with Gasteiger partial charge in [0.05, 0.1) is 5.69 Å². The summed E-state index contributed by atoms with van der Waals surface area (Å²) in [5, 5.41) is 9.28. The van der Waals surface area contributed by atoms with E-state index in [2.05, 4.69) is 20.9 Å². The molecule has 37 heavy (non-hydrogen) atoms. The lowest BCUT2D eigenvalue weighted by Crippen LogP contribution is -2.37. The largest absolute Gasteiger partial charge is 0.489 e. The van der Waals surface area contributed by atoms with E-state index in [4.69, 9.17) is 9.47 Å². The Morgan fingerprint density at radius 1 is 0.892 bits per heavy atom. The van der Waals surface area contributed by atoms with Crippen molar-refractivity contribution in [2.45, 2.75) is 32.3 Å².